The van der Waals surface area contributed by atoms with Crippen LogP contribution in [0.15, 0.2) is 24.3 Å². The average molecular weight is 293 g/mol. The second-order valence-corrected chi connectivity index (χ2v) is 5.60. The topological polar surface area (TPSA) is 58.4 Å². The van der Waals surface area contributed by atoms with Crippen molar-refractivity contribution in [3.05, 3.63) is 35.6 Å². The van der Waals surface area contributed by atoms with Crippen molar-refractivity contribution in [2.45, 2.75) is 38.3 Å². The van der Waals surface area contributed by atoms with Gasteiger partial charge in [-0.15, -0.1) is 0 Å². The lowest BCUT2D eigenvalue weighted by atomic mass is 9.99. The molecular formula is C16H24FN3O. The SMILES string of the molecule is NCCC1CCCCN1CC(=O)NCc1ccc(F)cc1. The maximum absolute atomic E-state index is 12.8. The lowest BCUT2D eigenvalue weighted by Crippen LogP contribution is -2.46. The summed E-state index contributed by atoms with van der Waals surface area (Å²) in [5, 5.41) is 2.89. The number of halogens is 1. The third-order valence-electron chi connectivity index (χ3n) is 4.00. The highest BCUT2D eigenvalue weighted by Gasteiger charge is 2.23. The van der Waals surface area contributed by atoms with E-state index in [9.17, 15) is 9.18 Å². The molecule has 1 aliphatic heterocycles. The summed E-state index contributed by atoms with van der Waals surface area (Å²) in [7, 11) is 0. The molecule has 1 unspecified atom stereocenters. The number of benzene rings is 1. The van der Waals surface area contributed by atoms with Crippen LogP contribution in [0.25, 0.3) is 0 Å². The number of rotatable bonds is 6. The molecule has 1 aromatic carbocycles. The molecule has 1 aromatic rings. The Hall–Kier alpha value is -1.46. The van der Waals surface area contributed by atoms with Crippen molar-refractivity contribution in [3.63, 3.8) is 0 Å². The Morgan fingerprint density at radius 3 is 2.81 bits per heavy atom. The van der Waals surface area contributed by atoms with E-state index in [4.69, 9.17) is 5.73 Å². The summed E-state index contributed by atoms with van der Waals surface area (Å²) in [6.07, 6.45) is 4.44. The molecule has 21 heavy (non-hydrogen) atoms. The Kier molecular flexibility index (Phi) is 6.14. The largest absolute Gasteiger partial charge is 0.351 e. The molecule has 0 spiro atoms. The number of carbonyl (C=O) groups excluding carboxylic acids is 1. The van der Waals surface area contributed by atoms with Gasteiger partial charge in [0.15, 0.2) is 0 Å². The molecular weight excluding hydrogens is 269 g/mol. The van der Waals surface area contributed by atoms with E-state index in [0.717, 1.165) is 31.4 Å². The molecule has 116 valence electrons. The molecule has 4 nitrogen and oxygen atoms in total. The van der Waals surface area contributed by atoms with E-state index in [0.29, 0.717) is 25.7 Å². The van der Waals surface area contributed by atoms with Crippen LogP contribution in [0.2, 0.25) is 0 Å². The highest BCUT2D eigenvalue weighted by atomic mass is 19.1. The van der Waals surface area contributed by atoms with Crippen LogP contribution in [0, 0.1) is 5.82 Å². The molecule has 1 heterocycles. The summed E-state index contributed by atoms with van der Waals surface area (Å²) >= 11 is 0. The van der Waals surface area contributed by atoms with Gasteiger partial charge in [0.05, 0.1) is 6.54 Å². The fourth-order valence-corrected chi connectivity index (χ4v) is 2.83. The van der Waals surface area contributed by atoms with Crippen molar-refractivity contribution >= 4 is 5.91 Å². The predicted molar refractivity (Wildman–Crippen MR) is 81.1 cm³/mol. The van der Waals surface area contributed by atoms with Crippen LogP contribution < -0.4 is 11.1 Å². The van der Waals surface area contributed by atoms with E-state index in [1.165, 1.54) is 18.6 Å². The number of likely N-dealkylation sites (tertiary alicyclic amines) is 1. The molecule has 2 rings (SSSR count). The zero-order valence-corrected chi connectivity index (χ0v) is 12.4. The van der Waals surface area contributed by atoms with E-state index in [1.807, 2.05) is 0 Å². The monoisotopic (exact) mass is 293 g/mol. The van der Waals surface area contributed by atoms with Gasteiger partial charge in [-0.3, -0.25) is 9.69 Å². The zero-order chi connectivity index (χ0) is 15.1. The Labute approximate surface area is 125 Å². The van der Waals surface area contributed by atoms with Gasteiger partial charge in [0.2, 0.25) is 5.91 Å². The van der Waals surface area contributed by atoms with Crippen LogP contribution in [0.4, 0.5) is 4.39 Å². The van der Waals surface area contributed by atoms with Gasteiger partial charge in [-0.1, -0.05) is 18.6 Å². The lowest BCUT2D eigenvalue weighted by Gasteiger charge is -2.35. The standard InChI is InChI=1S/C16H24FN3O/c17-14-6-4-13(5-7-14)11-19-16(21)12-20-10-2-1-3-15(20)8-9-18/h4-7,15H,1-3,8-12,18H2,(H,19,21). The minimum Gasteiger partial charge on any atom is -0.351 e. The Bertz CT molecular complexity index is 447. The minimum atomic E-state index is -0.261. The Morgan fingerprint density at radius 2 is 2.10 bits per heavy atom. The summed E-state index contributed by atoms with van der Waals surface area (Å²) in [6.45, 7) is 2.49. The van der Waals surface area contributed by atoms with Crippen molar-refractivity contribution in [2.24, 2.45) is 5.73 Å². The fourth-order valence-electron chi connectivity index (χ4n) is 2.83. The third-order valence-corrected chi connectivity index (χ3v) is 4.00. The van der Waals surface area contributed by atoms with Crippen molar-refractivity contribution in [3.8, 4) is 0 Å². The van der Waals surface area contributed by atoms with E-state index < -0.39 is 0 Å². The quantitative estimate of drug-likeness (QED) is 0.838. The first-order chi connectivity index (χ1) is 10.2. The number of amides is 1. The summed E-state index contributed by atoms with van der Waals surface area (Å²) in [5.74, 6) is -0.244. The van der Waals surface area contributed by atoms with Crippen LogP contribution >= 0.6 is 0 Å². The molecule has 0 saturated carbocycles. The van der Waals surface area contributed by atoms with E-state index in [1.54, 1.807) is 12.1 Å². The number of piperidine rings is 1. The van der Waals surface area contributed by atoms with E-state index in [2.05, 4.69) is 10.2 Å². The first-order valence-electron chi connectivity index (χ1n) is 7.64. The number of hydrogen-bond donors (Lipinski definition) is 2. The zero-order valence-electron chi connectivity index (χ0n) is 12.4. The molecule has 1 amide bonds. The molecule has 1 saturated heterocycles. The normalized spacial score (nSPS) is 19.4. The van der Waals surface area contributed by atoms with E-state index in [-0.39, 0.29) is 11.7 Å². The maximum atomic E-state index is 12.8. The van der Waals surface area contributed by atoms with Gasteiger partial charge in [0.25, 0.3) is 0 Å². The number of hydrogen-bond acceptors (Lipinski definition) is 3. The highest BCUT2D eigenvalue weighted by Crippen LogP contribution is 2.18. The predicted octanol–water partition coefficient (Wildman–Crippen LogP) is 1.65. The second kappa shape index (κ2) is 8.10. The summed E-state index contributed by atoms with van der Waals surface area (Å²) in [5.41, 5.74) is 6.55. The van der Waals surface area contributed by atoms with E-state index >= 15 is 0 Å². The molecule has 0 bridgehead atoms. The molecule has 5 heteroatoms. The highest BCUT2D eigenvalue weighted by molar-refractivity contribution is 5.78. The molecule has 3 N–H and O–H groups in total. The van der Waals surface area contributed by atoms with Gasteiger partial charge in [0, 0.05) is 12.6 Å². The molecule has 0 aromatic heterocycles. The number of nitrogens with zero attached hydrogens (tertiary/aromatic N) is 1. The summed E-state index contributed by atoms with van der Waals surface area (Å²) < 4.78 is 12.8. The lowest BCUT2D eigenvalue weighted by molar-refractivity contribution is -0.123. The fraction of sp³-hybridized carbons (Fsp3) is 0.562. The van der Waals surface area contributed by atoms with Crippen LogP contribution in [0.5, 0.6) is 0 Å². The average Bonchev–Trinajstić information content (AvgIpc) is 2.49. The van der Waals surface area contributed by atoms with Gasteiger partial charge in [0.1, 0.15) is 5.82 Å². The first kappa shape index (κ1) is 15.9. The second-order valence-electron chi connectivity index (χ2n) is 5.60. The summed E-state index contributed by atoms with van der Waals surface area (Å²) in [4.78, 5) is 14.3. The van der Waals surface area contributed by atoms with Gasteiger partial charge in [-0.05, 0) is 50.0 Å². The Morgan fingerprint density at radius 1 is 1.33 bits per heavy atom. The van der Waals surface area contributed by atoms with Crippen LogP contribution in [-0.4, -0.2) is 36.5 Å². The van der Waals surface area contributed by atoms with Gasteiger partial charge in [-0.25, -0.2) is 4.39 Å². The number of carbonyl (C=O) groups is 1. The molecule has 1 atom stereocenters. The van der Waals surface area contributed by atoms with Crippen molar-refractivity contribution in [2.75, 3.05) is 19.6 Å². The van der Waals surface area contributed by atoms with Crippen molar-refractivity contribution < 1.29 is 9.18 Å². The number of nitrogens with two attached hydrogens (primary N) is 1. The van der Waals surface area contributed by atoms with Gasteiger partial charge in [-0.2, -0.15) is 0 Å². The smallest absolute Gasteiger partial charge is 0.234 e. The number of nitrogens with one attached hydrogen (secondary N) is 1. The summed E-state index contributed by atoms with van der Waals surface area (Å²) in [6, 6.07) is 6.62. The first-order valence-corrected chi connectivity index (χ1v) is 7.64. The Balaban J connectivity index is 1.78. The maximum Gasteiger partial charge on any atom is 0.234 e. The molecule has 1 fully saturated rings. The third kappa shape index (κ3) is 5.10. The van der Waals surface area contributed by atoms with Crippen molar-refractivity contribution in [1.82, 2.24) is 10.2 Å². The molecule has 0 aliphatic carbocycles. The van der Waals surface area contributed by atoms with Gasteiger partial charge >= 0.3 is 0 Å². The van der Waals surface area contributed by atoms with Crippen LogP contribution in [-0.2, 0) is 11.3 Å². The molecule has 0 radical (unpaired) electrons. The van der Waals surface area contributed by atoms with Crippen LogP contribution in [0.3, 0.4) is 0 Å². The minimum absolute atomic E-state index is 0.0169. The van der Waals surface area contributed by atoms with Crippen molar-refractivity contribution in [1.29, 1.82) is 0 Å². The van der Waals surface area contributed by atoms with Crippen LogP contribution in [0.1, 0.15) is 31.2 Å². The van der Waals surface area contributed by atoms with Gasteiger partial charge < -0.3 is 11.1 Å². The molecule has 1 aliphatic rings.